The van der Waals surface area contributed by atoms with Crippen LogP contribution in [-0.2, 0) is 17.8 Å². The summed E-state index contributed by atoms with van der Waals surface area (Å²) in [6.07, 6.45) is 3.28. The predicted octanol–water partition coefficient (Wildman–Crippen LogP) is 3.30. The molecule has 1 aromatic heterocycles. The summed E-state index contributed by atoms with van der Waals surface area (Å²) in [5.74, 6) is 2.37. The first-order valence-corrected chi connectivity index (χ1v) is 8.80. The zero-order valence-electron chi connectivity index (χ0n) is 14.4. The van der Waals surface area contributed by atoms with Crippen molar-refractivity contribution in [1.82, 2.24) is 14.8 Å². The standard InChI is InChI=1S/C20H20N4O2/c25-19(14-26-17-9-2-1-3-10-17)21-16-8-6-7-15(13-16)20-23-22-18-11-4-5-12-24(18)20/h1-3,6-10,13H,4-5,11-12,14H2,(H,21,25). The minimum Gasteiger partial charge on any atom is -0.484 e. The topological polar surface area (TPSA) is 69.0 Å². The molecule has 0 saturated heterocycles. The number of carbonyl (C=O) groups excluding carboxylic acids is 1. The Kier molecular flexibility index (Phi) is 4.64. The van der Waals surface area contributed by atoms with Crippen LogP contribution in [0.5, 0.6) is 5.75 Å². The number of para-hydroxylation sites is 1. The molecule has 2 aromatic carbocycles. The Morgan fingerprint density at radius 2 is 1.96 bits per heavy atom. The van der Waals surface area contributed by atoms with Gasteiger partial charge in [0.05, 0.1) is 0 Å². The second-order valence-corrected chi connectivity index (χ2v) is 6.28. The van der Waals surface area contributed by atoms with Crippen molar-refractivity contribution in [2.75, 3.05) is 11.9 Å². The summed E-state index contributed by atoms with van der Waals surface area (Å²) >= 11 is 0. The lowest BCUT2D eigenvalue weighted by Gasteiger charge is -2.15. The van der Waals surface area contributed by atoms with E-state index in [0.717, 1.165) is 48.7 Å². The van der Waals surface area contributed by atoms with E-state index in [9.17, 15) is 4.79 Å². The van der Waals surface area contributed by atoms with Crippen LogP contribution in [0.3, 0.4) is 0 Å². The van der Waals surface area contributed by atoms with Crippen LogP contribution in [0.2, 0.25) is 0 Å². The summed E-state index contributed by atoms with van der Waals surface area (Å²) in [4.78, 5) is 12.1. The molecule has 0 unspecified atom stereocenters. The predicted molar refractivity (Wildman–Crippen MR) is 99.0 cm³/mol. The van der Waals surface area contributed by atoms with Crippen LogP contribution in [0, 0.1) is 0 Å². The number of rotatable bonds is 5. The molecule has 1 aliphatic heterocycles. The Hall–Kier alpha value is -3.15. The fourth-order valence-electron chi connectivity index (χ4n) is 3.12. The number of nitrogens with zero attached hydrogens (tertiary/aromatic N) is 3. The Morgan fingerprint density at radius 1 is 1.08 bits per heavy atom. The number of ether oxygens (including phenoxy) is 1. The number of benzene rings is 2. The fourth-order valence-corrected chi connectivity index (χ4v) is 3.12. The number of nitrogens with one attached hydrogen (secondary N) is 1. The molecule has 1 N–H and O–H groups in total. The Labute approximate surface area is 151 Å². The van der Waals surface area contributed by atoms with Gasteiger partial charge in [0.25, 0.3) is 5.91 Å². The van der Waals surface area contributed by atoms with Crippen molar-refractivity contribution in [2.24, 2.45) is 0 Å². The van der Waals surface area contributed by atoms with Gasteiger partial charge in [-0.1, -0.05) is 30.3 Å². The maximum Gasteiger partial charge on any atom is 0.262 e. The Morgan fingerprint density at radius 3 is 2.85 bits per heavy atom. The number of aryl methyl sites for hydroxylation is 1. The van der Waals surface area contributed by atoms with Crippen molar-refractivity contribution in [1.29, 1.82) is 0 Å². The highest BCUT2D eigenvalue weighted by Gasteiger charge is 2.17. The van der Waals surface area contributed by atoms with E-state index in [1.165, 1.54) is 0 Å². The van der Waals surface area contributed by atoms with Crippen molar-refractivity contribution < 1.29 is 9.53 Å². The lowest BCUT2D eigenvalue weighted by atomic mass is 10.1. The molecule has 1 amide bonds. The number of anilines is 1. The van der Waals surface area contributed by atoms with Gasteiger partial charge in [-0.3, -0.25) is 4.79 Å². The minimum absolute atomic E-state index is 0.0332. The van der Waals surface area contributed by atoms with E-state index in [1.807, 2.05) is 54.6 Å². The van der Waals surface area contributed by atoms with Crippen LogP contribution in [-0.4, -0.2) is 27.3 Å². The van der Waals surface area contributed by atoms with E-state index in [4.69, 9.17) is 4.74 Å². The molecule has 0 fully saturated rings. The van der Waals surface area contributed by atoms with Gasteiger partial charge in [0.1, 0.15) is 11.6 Å². The van der Waals surface area contributed by atoms with E-state index in [2.05, 4.69) is 20.1 Å². The highest BCUT2D eigenvalue weighted by atomic mass is 16.5. The maximum absolute atomic E-state index is 12.1. The summed E-state index contributed by atoms with van der Waals surface area (Å²) in [7, 11) is 0. The molecule has 1 aliphatic rings. The average Bonchev–Trinajstić information content (AvgIpc) is 3.12. The van der Waals surface area contributed by atoms with Crippen molar-refractivity contribution in [2.45, 2.75) is 25.8 Å². The van der Waals surface area contributed by atoms with E-state index in [0.29, 0.717) is 5.75 Å². The summed E-state index contributed by atoms with van der Waals surface area (Å²) < 4.78 is 7.65. The molecule has 0 bridgehead atoms. The Bertz CT molecular complexity index is 905. The lowest BCUT2D eigenvalue weighted by molar-refractivity contribution is -0.118. The van der Waals surface area contributed by atoms with Crippen LogP contribution in [0.15, 0.2) is 54.6 Å². The van der Waals surface area contributed by atoms with Crippen molar-refractivity contribution in [3.63, 3.8) is 0 Å². The zero-order chi connectivity index (χ0) is 17.8. The van der Waals surface area contributed by atoms with Gasteiger partial charge in [-0.15, -0.1) is 10.2 Å². The third-order valence-electron chi connectivity index (χ3n) is 4.38. The van der Waals surface area contributed by atoms with Crippen LogP contribution in [0.25, 0.3) is 11.4 Å². The molecule has 3 aromatic rings. The number of aromatic nitrogens is 3. The molecular weight excluding hydrogens is 328 g/mol. The number of carbonyl (C=O) groups is 1. The largest absolute Gasteiger partial charge is 0.484 e. The first kappa shape index (κ1) is 16.3. The molecule has 0 spiro atoms. The van der Waals surface area contributed by atoms with Crippen molar-refractivity contribution in [3.05, 3.63) is 60.4 Å². The molecule has 0 radical (unpaired) electrons. The third kappa shape index (κ3) is 3.59. The summed E-state index contributed by atoms with van der Waals surface area (Å²) in [5.41, 5.74) is 1.67. The van der Waals surface area contributed by atoms with E-state index < -0.39 is 0 Å². The van der Waals surface area contributed by atoms with Gasteiger partial charge >= 0.3 is 0 Å². The molecule has 26 heavy (non-hydrogen) atoms. The van der Waals surface area contributed by atoms with Crippen LogP contribution in [0.1, 0.15) is 18.7 Å². The van der Waals surface area contributed by atoms with Crippen LogP contribution < -0.4 is 10.1 Å². The zero-order valence-corrected chi connectivity index (χ0v) is 14.4. The normalized spacial score (nSPS) is 13.1. The van der Waals surface area contributed by atoms with Crippen LogP contribution >= 0.6 is 0 Å². The Balaban J connectivity index is 1.44. The maximum atomic E-state index is 12.1. The van der Waals surface area contributed by atoms with Crippen LogP contribution in [0.4, 0.5) is 5.69 Å². The molecule has 2 heterocycles. The molecular formula is C20H20N4O2. The van der Waals surface area contributed by atoms with Gasteiger partial charge in [-0.2, -0.15) is 0 Å². The number of hydrogen-bond acceptors (Lipinski definition) is 4. The average molecular weight is 348 g/mol. The van der Waals surface area contributed by atoms with Crippen molar-refractivity contribution >= 4 is 11.6 Å². The first-order chi connectivity index (χ1) is 12.8. The summed E-state index contributed by atoms with van der Waals surface area (Å²) in [5, 5.41) is 11.5. The monoisotopic (exact) mass is 348 g/mol. The van der Waals surface area contributed by atoms with Gasteiger partial charge in [0, 0.05) is 24.2 Å². The fraction of sp³-hybridized carbons (Fsp3) is 0.250. The molecule has 6 nitrogen and oxygen atoms in total. The second-order valence-electron chi connectivity index (χ2n) is 6.28. The molecule has 0 aliphatic carbocycles. The van der Waals surface area contributed by atoms with Gasteiger partial charge in [-0.25, -0.2) is 0 Å². The molecule has 132 valence electrons. The summed E-state index contributed by atoms with van der Waals surface area (Å²) in [6.45, 7) is 0.910. The minimum atomic E-state index is -0.200. The SMILES string of the molecule is O=C(COc1ccccc1)Nc1cccc(-c2nnc3n2CCCC3)c1. The van der Waals surface area contributed by atoms with E-state index in [1.54, 1.807) is 0 Å². The number of amides is 1. The van der Waals surface area contributed by atoms with Gasteiger partial charge in [-0.05, 0) is 37.1 Å². The summed E-state index contributed by atoms with van der Waals surface area (Å²) in [6, 6.07) is 17.0. The van der Waals surface area contributed by atoms with Gasteiger partial charge in [0.15, 0.2) is 12.4 Å². The molecule has 4 rings (SSSR count). The quantitative estimate of drug-likeness (QED) is 0.768. The van der Waals surface area contributed by atoms with Gasteiger partial charge < -0.3 is 14.6 Å². The molecule has 0 saturated carbocycles. The molecule has 0 atom stereocenters. The van der Waals surface area contributed by atoms with E-state index >= 15 is 0 Å². The highest BCUT2D eigenvalue weighted by Crippen LogP contribution is 2.25. The number of hydrogen-bond donors (Lipinski definition) is 1. The van der Waals surface area contributed by atoms with E-state index in [-0.39, 0.29) is 12.5 Å². The second kappa shape index (κ2) is 7.39. The molecule has 6 heteroatoms. The smallest absolute Gasteiger partial charge is 0.262 e. The van der Waals surface area contributed by atoms with Gasteiger partial charge in [0.2, 0.25) is 0 Å². The van der Waals surface area contributed by atoms with Crippen molar-refractivity contribution in [3.8, 4) is 17.1 Å². The number of fused-ring (bicyclic) bond motifs is 1. The first-order valence-electron chi connectivity index (χ1n) is 8.80. The highest BCUT2D eigenvalue weighted by molar-refractivity contribution is 5.92. The lowest BCUT2D eigenvalue weighted by Crippen LogP contribution is -2.20. The third-order valence-corrected chi connectivity index (χ3v) is 4.38.